The molecule has 0 bridgehead atoms. The number of fused-ring (bicyclic) bond motifs is 1. The van der Waals surface area contributed by atoms with Crippen LogP contribution in [0.3, 0.4) is 0 Å². The van der Waals surface area contributed by atoms with Gasteiger partial charge in [0.25, 0.3) is 0 Å². The number of aromatic hydroxyl groups is 1. The van der Waals surface area contributed by atoms with E-state index in [2.05, 4.69) is 4.99 Å². The summed E-state index contributed by atoms with van der Waals surface area (Å²) in [4.78, 5) is 3.83. The minimum atomic E-state index is 0.356. The molecule has 0 aromatic heterocycles. The molecule has 0 saturated carbocycles. The molecule has 1 aromatic rings. The fourth-order valence-electron chi connectivity index (χ4n) is 2.26. The average molecular weight is 216 g/mol. The fourth-order valence-corrected chi connectivity index (χ4v) is 2.26. The molecule has 84 valence electrons. The van der Waals surface area contributed by atoms with Crippen LogP contribution in [0.2, 0.25) is 0 Å². The van der Waals surface area contributed by atoms with Crippen LogP contribution in [0.4, 0.5) is 0 Å². The van der Waals surface area contributed by atoms with Gasteiger partial charge in [-0.05, 0) is 48.4 Å². The van der Waals surface area contributed by atoms with Gasteiger partial charge in [-0.15, -0.1) is 0 Å². The number of hydrogen-bond acceptors (Lipinski definition) is 2. The van der Waals surface area contributed by atoms with E-state index in [0.29, 0.717) is 11.7 Å². The van der Waals surface area contributed by atoms with Crippen LogP contribution in [-0.4, -0.2) is 11.4 Å². The van der Waals surface area contributed by atoms with Gasteiger partial charge in [-0.1, -0.05) is 12.1 Å². The normalized spacial score (nSPS) is 19.6. The smallest absolute Gasteiger partial charge is 0.115 e. The second kappa shape index (κ2) is 4.84. The molecule has 1 aliphatic carbocycles. The van der Waals surface area contributed by atoms with Gasteiger partial charge in [0.15, 0.2) is 0 Å². The first-order valence-corrected chi connectivity index (χ1v) is 5.51. The second-order valence-corrected chi connectivity index (χ2v) is 4.04. The number of benzene rings is 1. The van der Waals surface area contributed by atoms with E-state index < -0.39 is 0 Å². The Labute approximate surface area is 95.3 Å². The van der Waals surface area contributed by atoms with Crippen molar-refractivity contribution < 1.29 is 5.11 Å². The van der Waals surface area contributed by atoms with Crippen LogP contribution >= 0.6 is 0 Å². The van der Waals surface area contributed by atoms with Gasteiger partial charge in [-0.25, -0.2) is 4.99 Å². The van der Waals surface area contributed by atoms with E-state index in [-0.39, 0.29) is 0 Å². The molecule has 3 N–H and O–H groups in total. The van der Waals surface area contributed by atoms with Crippen LogP contribution in [0.25, 0.3) is 0 Å². The third kappa shape index (κ3) is 2.24. The SMILES string of the molecule is NC=N/C=C/CC1CCc2ccc(O)cc21. The minimum absolute atomic E-state index is 0.356. The number of aryl methyl sites for hydroxylation is 1. The highest BCUT2D eigenvalue weighted by Crippen LogP contribution is 2.37. The number of phenolic OH excluding ortho intramolecular Hbond substituents is 1. The lowest BCUT2D eigenvalue weighted by Crippen LogP contribution is -1.91. The fraction of sp³-hybridized carbons (Fsp3) is 0.308. The predicted molar refractivity (Wildman–Crippen MR) is 65.6 cm³/mol. The lowest BCUT2D eigenvalue weighted by molar-refractivity contribution is 0.474. The van der Waals surface area contributed by atoms with Gasteiger partial charge in [-0.2, -0.15) is 0 Å². The van der Waals surface area contributed by atoms with E-state index in [1.807, 2.05) is 18.2 Å². The molecular weight excluding hydrogens is 200 g/mol. The van der Waals surface area contributed by atoms with Gasteiger partial charge in [0.05, 0.1) is 6.34 Å². The van der Waals surface area contributed by atoms with Gasteiger partial charge in [-0.3, -0.25) is 0 Å². The lowest BCUT2D eigenvalue weighted by Gasteiger charge is -2.08. The third-order valence-corrected chi connectivity index (χ3v) is 3.03. The van der Waals surface area contributed by atoms with Gasteiger partial charge in [0.2, 0.25) is 0 Å². The summed E-state index contributed by atoms with van der Waals surface area (Å²) in [6, 6.07) is 5.66. The maximum Gasteiger partial charge on any atom is 0.115 e. The van der Waals surface area contributed by atoms with Crippen LogP contribution in [-0.2, 0) is 6.42 Å². The van der Waals surface area contributed by atoms with Crippen LogP contribution in [0.1, 0.15) is 29.9 Å². The monoisotopic (exact) mass is 216 g/mol. The zero-order chi connectivity index (χ0) is 11.4. The minimum Gasteiger partial charge on any atom is -0.508 e. The van der Waals surface area contributed by atoms with Crippen molar-refractivity contribution in [3.8, 4) is 5.75 Å². The van der Waals surface area contributed by atoms with Crippen LogP contribution < -0.4 is 5.73 Å². The number of phenols is 1. The summed E-state index contributed by atoms with van der Waals surface area (Å²) in [7, 11) is 0. The average Bonchev–Trinajstić information content (AvgIpc) is 2.67. The summed E-state index contributed by atoms with van der Waals surface area (Å²) in [5.41, 5.74) is 7.78. The number of rotatable bonds is 3. The summed E-state index contributed by atoms with van der Waals surface area (Å²) >= 11 is 0. The first-order valence-electron chi connectivity index (χ1n) is 5.51. The molecule has 1 unspecified atom stereocenters. The first kappa shape index (κ1) is 10.7. The van der Waals surface area contributed by atoms with Gasteiger partial charge in [0.1, 0.15) is 5.75 Å². The summed E-state index contributed by atoms with van der Waals surface area (Å²) in [6.45, 7) is 0. The maximum atomic E-state index is 9.47. The summed E-state index contributed by atoms with van der Waals surface area (Å²) in [5.74, 6) is 0.862. The summed E-state index contributed by atoms with van der Waals surface area (Å²) in [6.07, 6.45) is 8.23. The summed E-state index contributed by atoms with van der Waals surface area (Å²) in [5, 5.41) is 9.47. The molecular formula is C13H16N2O. The summed E-state index contributed by atoms with van der Waals surface area (Å²) < 4.78 is 0. The second-order valence-electron chi connectivity index (χ2n) is 4.04. The molecule has 0 fully saturated rings. The Morgan fingerprint density at radius 1 is 1.50 bits per heavy atom. The zero-order valence-corrected chi connectivity index (χ0v) is 9.13. The van der Waals surface area contributed by atoms with E-state index in [1.165, 1.54) is 17.5 Å². The number of allylic oxidation sites excluding steroid dienone is 1. The molecule has 2 rings (SSSR count). The Morgan fingerprint density at radius 2 is 2.38 bits per heavy atom. The highest BCUT2D eigenvalue weighted by atomic mass is 16.3. The standard InChI is InChI=1S/C13H16N2O/c14-9-15-7-1-2-10-3-4-11-5-6-12(16)8-13(10)11/h1,5-10,16H,2-4H2,(H2,14,15)/b7-1+. The molecule has 3 nitrogen and oxygen atoms in total. The Morgan fingerprint density at radius 3 is 3.19 bits per heavy atom. The third-order valence-electron chi connectivity index (χ3n) is 3.03. The predicted octanol–water partition coefficient (Wildman–Crippen LogP) is 2.31. The van der Waals surface area contributed by atoms with Crippen LogP contribution in [0.5, 0.6) is 5.75 Å². The number of nitrogens with two attached hydrogens (primary N) is 1. The van der Waals surface area contributed by atoms with Crippen molar-refractivity contribution >= 4 is 6.34 Å². The number of aliphatic imine (C=N–C) groups is 1. The van der Waals surface area contributed by atoms with Crippen molar-refractivity contribution in [3.63, 3.8) is 0 Å². The zero-order valence-electron chi connectivity index (χ0n) is 9.13. The highest BCUT2D eigenvalue weighted by molar-refractivity contribution is 5.52. The van der Waals surface area contributed by atoms with Crippen molar-refractivity contribution in [3.05, 3.63) is 41.6 Å². The molecule has 0 aliphatic heterocycles. The molecule has 0 radical (unpaired) electrons. The van der Waals surface area contributed by atoms with E-state index >= 15 is 0 Å². The van der Waals surface area contributed by atoms with Crippen molar-refractivity contribution in [2.45, 2.75) is 25.2 Å². The Balaban J connectivity index is 2.08. The van der Waals surface area contributed by atoms with Gasteiger partial charge < -0.3 is 10.8 Å². The topological polar surface area (TPSA) is 58.6 Å². The van der Waals surface area contributed by atoms with Crippen LogP contribution in [0.15, 0.2) is 35.5 Å². The molecule has 1 atom stereocenters. The van der Waals surface area contributed by atoms with Crippen molar-refractivity contribution in [1.82, 2.24) is 0 Å². The highest BCUT2D eigenvalue weighted by Gasteiger charge is 2.21. The number of nitrogens with zero attached hydrogens (tertiary/aromatic N) is 1. The largest absolute Gasteiger partial charge is 0.508 e. The number of hydrogen-bond donors (Lipinski definition) is 2. The Bertz CT molecular complexity index is 424. The lowest BCUT2D eigenvalue weighted by atomic mass is 9.98. The van der Waals surface area contributed by atoms with Crippen LogP contribution in [0, 0.1) is 0 Å². The van der Waals surface area contributed by atoms with Crippen molar-refractivity contribution in [1.29, 1.82) is 0 Å². The van der Waals surface area contributed by atoms with Gasteiger partial charge in [0, 0.05) is 6.20 Å². The Kier molecular flexibility index (Phi) is 3.25. The van der Waals surface area contributed by atoms with Crippen molar-refractivity contribution in [2.75, 3.05) is 0 Å². The van der Waals surface area contributed by atoms with Gasteiger partial charge >= 0.3 is 0 Å². The quantitative estimate of drug-likeness (QED) is 0.601. The Hall–Kier alpha value is -1.77. The first-order chi connectivity index (χ1) is 7.81. The van der Waals surface area contributed by atoms with Crippen molar-refractivity contribution in [2.24, 2.45) is 10.7 Å². The molecule has 3 heteroatoms. The molecule has 0 spiro atoms. The maximum absolute atomic E-state index is 9.47. The van der Waals surface area contributed by atoms with E-state index in [0.717, 1.165) is 19.3 Å². The molecule has 16 heavy (non-hydrogen) atoms. The van der Waals surface area contributed by atoms with E-state index in [4.69, 9.17) is 5.73 Å². The molecule has 0 saturated heterocycles. The van der Waals surface area contributed by atoms with E-state index in [1.54, 1.807) is 12.3 Å². The molecule has 1 aromatic carbocycles. The molecule has 0 heterocycles. The molecule has 1 aliphatic rings. The van der Waals surface area contributed by atoms with E-state index in [9.17, 15) is 5.11 Å². The molecule has 0 amide bonds.